The van der Waals surface area contributed by atoms with Gasteiger partial charge in [0.1, 0.15) is 0 Å². The Labute approximate surface area is 89.7 Å². The molecule has 0 aliphatic heterocycles. The van der Waals surface area contributed by atoms with Crippen molar-refractivity contribution in [3.63, 3.8) is 0 Å². The second kappa shape index (κ2) is 6.65. The van der Waals surface area contributed by atoms with Crippen molar-refractivity contribution in [2.75, 3.05) is 0 Å². The summed E-state index contributed by atoms with van der Waals surface area (Å²) in [4.78, 5) is 0. The van der Waals surface area contributed by atoms with Gasteiger partial charge in [-0.1, -0.05) is 6.42 Å². The lowest BCUT2D eigenvalue weighted by molar-refractivity contribution is -0.00000222. The number of hydrogen-bond acceptors (Lipinski definition) is 0. The molecule has 1 aliphatic carbocycles. The van der Waals surface area contributed by atoms with Crippen molar-refractivity contribution in [1.29, 1.82) is 0 Å². The van der Waals surface area contributed by atoms with Gasteiger partial charge in [-0.3, -0.25) is 0 Å². The molecule has 2 heteroatoms. The van der Waals surface area contributed by atoms with Crippen molar-refractivity contribution in [2.45, 2.75) is 57.3 Å². The summed E-state index contributed by atoms with van der Waals surface area (Å²) >= 11 is 0. The van der Waals surface area contributed by atoms with Gasteiger partial charge in [-0.25, -0.2) is 0 Å². The lowest BCUT2D eigenvalue weighted by Gasteiger charge is -2.17. The maximum atomic E-state index is 2.38. The van der Waals surface area contributed by atoms with E-state index in [9.17, 15) is 0 Å². The number of halogens is 1. The Morgan fingerprint density at radius 2 is 1.64 bits per heavy atom. The molecule has 1 aliphatic rings. The SMILES string of the molecule is CC(C)[PH2+]C1CCCCC1.[I-]. The molecule has 0 radical (unpaired) electrons. The van der Waals surface area contributed by atoms with E-state index in [1.807, 2.05) is 0 Å². The average Bonchev–Trinajstić information content (AvgIpc) is 1.88. The first-order chi connectivity index (χ1) is 4.79. The Bertz CT molecular complexity index is 87.6. The van der Waals surface area contributed by atoms with Crippen LogP contribution in [0.4, 0.5) is 0 Å². The van der Waals surface area contributed by atoms with Gasteiger partial charge in [-0.15, -0.1) is 0 Å². The third-order valence-electron chi connectivity index (χ3n) is 2.31. The molecule has 1 saturated carbocycles. The largest absolute Gasteiger partial charge is 1.00 e. The smallest absolute Gasteiger partial charge is 0.0655 e. The van der Waals surface area contributed by atoms with Gasteiger partial charge in [-0.2, -0.15) is 0 Å². The zero-order valence-corrected chi connectivity index (χ0v) is 11.0. The molecular weight excluding hydrogens is 266 g/mol. The lowest BCUT2D eigenvalue weighted by Crippen LogP contribution is -3.00. The molecule has 0 aromatic heterocycles. The number of rotatable bonds is 2. The molecule has 0 bridgehead atoms. The Morgan fingerprint density at radius 3 is 2.09 bits per heavy atom. The van der Waals surface area contributed by atoms with E-state index in [0.29, 0.717) is 0 Å². The van der Waals surface area contributed by atoms with E-state index in [1.54, 1.807) is 12.8 Å². The molecule has 1 fully saturated rings. The zero-order valence-electron chi connectivity index (χ0n) is 7.65. The predicted molar refractivity (Wildman–Crippen MR) is 51.7 cm³/mol. The van der Waals surface area contributed by atoms with E-state index in [1.165, 1.54) is 19.3 Å². The summed E-state index contributed by atoms with van der Waals surface area (Å²) in [6, 6.07) is 0. The maximum absolute atomic E-state index is 2.38. The van der Waals surface area contributed by atoms with E-state index in [-0.39, 0.29) is 24.0 Å². The molecule has 11 heavy (non-hydrogen) atoms. The maximum Gasteiger partial charge on any atom is 0.0655 e. The van der Waals surface area contributed by atoms with Gasteiger partial charge in [-0.05, 0) is 48.1 Å². The van der Waals surface area contributed by atoms with Gasteiger partial charge in [0.2, 0.25) is 0 Å². The predicted octanol–water partition coefficient (Wildman–Crippen LogP) is 0.142. The molecule has 0 spiro atoms. The minimum Gasteiger partial charge on any atom is -1.00 e. The van der Waals surface area contributed by atoms with Gasteiger partial charge < -0.3 is 24.0 Å². The summed E-state index contributed by atoms with van der Waals surface area (Å²) in [7, 11) is 0.769. The normalized spacial score (nSPS) is 21.0. The van der Waals surface area contributed by atoms with Crippen LogP contribution in [0.3, 0.4) is 0 Å². The minimum absolute atomic E-state index is 0. The Hall–Kier alpha value is 1.16. The first kappa shape index (κ1) is 12.2. The Balaban J connectivity index is 0.000001000. The highest BCUT2D eigenvalue weighted by molar-refractivity contribution is 7.39. The highest BCUT2D eigenvalue weighted by atomic mass is 127. The van der Waals surface area contributed by atoms with Crippen LogP contribution in [0, 0.1) is 0 Å². The molecule has 0 saturated heterocycles. The summed E-state index contributed by atoms with van der Waals surface area (Å²) in [5.41, 5.74) is 2.16. The van der Waals surface area contributed by atoms with Crippen LogP contribution in [0.1, 0.15) is 46.0 Å². The fourth-order valence-corrected chi connectivity index (χ4v) is 3.82. The molecule has 1 rings (SSSR count). The molecule has 0 heterocycles. The van der Waals surface area contributed by atoms with E-state index in [2.05, 4.69) is 13.8 Å². The van der Waals surface area contributed by atoms with E-state index >= 15 is 0 Å². The fourth-order valence-electron chi connectivity index (χ4n) is 1.87. The van der Waals surface area contributed by atoms with E-state index < -0.39 is 0 Å². The van der Waals surface area contributed by atoms with Gasteiger partial charge in [0.15, 0.2) is 0 Å². The molecule has 68 valence electrons. The monoisotopic (exact) mass is 286 g/mol. The lowest BCUT2D eigenvalue weighted by atomic mass is 10.0. The van der Waals surface area contributed by atoms with Crippen LogP contribution in [-0.4, -0.2) is 11.3 Å². The highest BCUT2D eigenvalue weighted by Crippen LogP contribution is 2.35. The summed E-state index contributed by atoms with van der Waals surface area (Å²) in [6.45, 7) is 4.76. The van der Waals surface area contributed by atoms with Gasteiger partial charge in [0, 0.05) is 0 Å². The van der Waals surface area contributed by atoms with Crippen molar-refractivity contribution < 1.29 is 24.0 Å². The van der Waals surface area contributed by atoms with Crippen LogP contribution in [0.15, 0.2) is 0 Å². The van der Waals surface area contributed by atoms with E-state index in [0.717, 1.165) is 19.9 Å². The molecule has 1 atom stereocenters. The fraction of sp³-hybridized carbons (Fsp3) is 1.00. The van der Waals surface area contributed by atoms with Gasteiger partial charge in [0.25, 0.3) is 0 Å². The summed E-state index contributed by atoms with van der Waals surface area (Å²) in [5.74, 6) is 0. The molecule has 1 unspecified atom stereocenters. The molecule has 0 nitrogen and oxygen atoms in total. The van der Waals surface area contributed by atoms with Crippen LogP contribution in [0.5, 0.6) is 0 Å². The van der Waals surface area contributed by atoms with Crippen LogP contribution in [-0.2, 0) is 0 Å². The van der Waals surface area contributed by atoms with Gasteiger partial charge in [0.05, 0.1) is 11.3 Å². The zero-order chi connectivity index (χ0) is 7.40. The summed E-state index contributed by atoms with van der Waals surface area (Å²) in [5, 5.41) is 0. The van der Waals surface area contributed by atoms with Gasteiger partial charge >= 0.3 is 0 Å². The van der Waals surface area contributed by atoms with Crippen molar-refractivity contribution in [3.05, 3.63) is 0 Å². The van der Waals surface area contributed by atoms with Crippen LogP contribution < -0.4 is 24.0 Å². The van der Waals surface area contributed by atoms with Crippen molar-refractivity contribution >= 4 is 8.58 Å². The standard InChI is InChI=1S/C9H19P.HI/c1-8(2)10-9-6-4-3-5-7-9;/h8-10H,3-7H2,1-2H3;1H. The van der Waals surface area contributed by atoms with E-state index in [4.69, 9.17) is 0 Å². The van der Waals surface area contributed by atoms with Crippen molar-refractivity contribution in [3.8, 4) is 0 Å². The Kier molecular flexibility index (Phi) is 7.35. The van der Waals surface area contributed by atoms with Crippen molar-refractivity contribution in [2.24, 2.45) is 0 Å². The summed E-state index contributed by atoms with van der Waals surface area (Å²) in [6.07, 6.45) is 7.64. The third-order valence-corrected chi connectivity index (χ3v) is 4.29. The molecule has 0 amide bonds. The van der Waals surface area contributed by atoms with Crippen molar-refractivity contribution in [1.82, 2.24) is 0 Å². The minimum atomic E-state index is 0. The average molecular weight is 286 g/mol. The topological polar surface area (TPSA) is 0 Å². The molecule has 0 aromatic rings. The molecule has 0 N–H and O–H groups in total. The highest BCUT2D eigenvalue weighted by Gasteiger charge is 2.19. The van der Waals surface area contributed by atoms with Crippen LogP contribution >= 0.6 is 8.58 Å². The third kappa shape index (κ3) is 5.41. The van der Waals surface area contributed by atoms with Crippen LogP contribution in [0.2, 0.25) is 0 Å². The quantitative estimate of drug-likeness (QED) is 0.500. The Morgan fingerprint density at radius 1 is 1.09 bits per heavy atom. The molecule has 0 aromatic carbocycles. The molecular formula is C9H20IP. The first-order valence-corrected chi connectivity index (χ1v) is 5.97. The summed E-state index contributed by atoms with van der Waals surface area (Å²) < 4.78 is 0. The second-order valence-electron chi connectivity index (χ2n) is 3.83. The number of hydrogen-bond donors (Lipinski definition) is 0. The first-order valence-electron chi connectivity index (χ1n) is 4.64. The van der Waals surface area contributed by atoms with Crippen LogP contribution in [0.25, 0.3) is 0 Å². The second-order valence-corrected chi connectivity index (χ2v) is 6.50.